The molecule has 1 N–H and O–H groups in total. The molecule has 5 heteroatoms. The number of nitrogens with zero attached hydrogens (tertiary/aromatic N) is 1. The first kappa shape index (κ1) is 19.3. The summed E-state index contributed by atoms with van der Waals surface area (Å²) in [5, 5.41) is 3.11. The van der Waals surface area contributed by atoms with Crippen molar-refractivity contribution in [1.82, 2.24) is 10.2 Å². The van der Waals surface area contributed by atoms with E-state index in [-0.39, 0.29) is 18.7 Å². The van der Waals surface area contributed by atoms with Gasteiger partial charge >= 0.3 is 0 Å². The van der Waals surface area contributed by atoms with Crippen molar-refractivity contribution in [2.24, 2.45) is 0 Å². The topological polar surface area (TPSA) is 50.8 Å². The van der Waals surface area contributed by atoms with Crippen LogP contribution in [0.25, 0.3) is 6.08 Å². The van der Waals surface area contributed by atoms with Gasteiger partial charge in [0.05, 0.1) is 0 Å². The highest BCUT2D eigenvalue weighted by atomic mass is 16.7. The summed E-state index contributed by atoms with van der Waals surface area (Å²) in [4.78, 5) is 14.6. The van der Waals surface area contributed by atoms with E-state index in [1.165, 1.54) is 5.56 Å². The van der Waals surface area contributed by atoms with Crippen LogP contribution in [0.5, 0.6) is 11.5 Å². The van der Waals surface area contributed by atoms with Gasteiger partial charge in [-0.15, -0.1) is 0 Å². The molecule has 0 unspecified atom stereocenters. The van der Waals surface area contributed by atoms with Crippen molar-refractivity contribution in [3.8, 4) is 11.5 Å². The highest BCUT2D eigenvalue weighted by Crippen LogP contribution is 2.32. The highest BCUT2D eigenvalue weighted by Gasteiger charge is 2.19. The van der Waals surface area contributed by atoms with Crippen molar-refractivity contribution in [3.63, 3.8) is 0 Å². The molecule has 1 amide bonds. The zero-order valence-corrected chi connectivity index (χ0v) is 16.4. The number of fused-ring (bicyclic) bond motifs is 1. The maximum atomic E-state index is 12.2. The van der Waals surface area contributed by atoms with Gasteiger partial charge in [-0.3, -0.25) is 9.69 Å². The third kappa shape index (κ3) is 5.48. The summed E-state index contributed by atoms with van der Waals surface area (Å²) in [5.74, 6) is 1.49. The van der Waals surface area contributed by atoms with Gasteiger partial charge in [0.25, 0.3) is 0 Å². The third-order valence-corrected chi connectivity index (χ3v) is 5.23. The van der Waals surface area contributed by atoms with E-state index in [4.69, 9.17) is 9.47 Å². The first-order valence-electron chi connectivity index (χ1n) is 10.1. The summed E-state index contributed by atoms with van der Waals surface area (Å²) < 4.78 is 10.7. The molecule has 2 heterocycles. The van der Waals surface area contributed by atoms with E-state index in [0.29, 0.717) is 0 Å². The van der Waals surface area contributed by atoms with Crippen LogP contribution >= 0.6 is 0 Å². The lowest BCUT2D eigenvalue weighted by Crippen LogP contribution is -2.43. The summed E-state index contributed by atoms with van der Waals surface area (Å²) in [6.45, 7) is 3.26. The van der Waals surface area contributed by atoms with Crippen molar-refractivity contribution >= 4 is 12.0 Å². The maximum Gasteiger partial charge on any atom is 0.244 e. The predicted molar refractivity (Wildman–Crippen MR) is 114 cm³/mol. The number of allylic oxidation sites excluding steroid dienone is 2. The molecule has 2 aromatic rings. The monoisotopic (exact) mass is 390 g/mol. The molecular weight excluding hydrogens is 364 g/mol. The first-order chi connectivity index (χ1) is 14.3. The van der Waals surface area contributed by atoms with Gasteiger partial charge in [0.2, 0.25) is 12.7 Å². The van der Waals surface area contributed by atoms with Crippen molar-refractivity contribution in [2.75, 3.05) is 19.9 Å². The fraction of sp³-hybridized carbons (Fsp3) is 0.292. The maximum absolute atomic E-state index is 12.2. The molecule has 0 saturated carbocycles. The van der Waals surface area contributed by atoms with E-state index < -0.39 is 0 Å². The Bertz CT molecular complexity index is 884. The summed E-state index contributed by atoms with van der Waals surface area (Å²) in [5.41, 5.74) is 2.34. The number of carbonyl (C=O) groups excluding carboxylic acids is 1. The summed E-state index contributed by atoms with van der Waals surface area (Å²) in [6, 6.07) is 16.6. The van der Waals surface area contributed by atoms with Crippen LogP contribution in [0.1, 0.15) is 24.0 Å². The van der Waals surface area contributed by atoms with Crippen LogP contribution in [0.2, 0.25) is 0 Å². The molecule has 4 rings (SSSR count). The fourth-order valence-electron chi connectivity index (χ4n) is 3.65. The van der Waals surface area contributed by atoms with E-state index >= 15 is 0 Å². The lowest BCUT2D eigenvalue weighted by Gasteiger charge is -2.32. The minimum absolute atomic E-state index is 0.0400. The smallest absolute Gasteiger partial charge is 0.244 e. The summed E-state index contributed by atoms with van der Waals surface area (Å²) in [7, 11) is 0. The van der Waals surface area contributed by atoms with Crippen LogP contribution in [0.3, 0.4) is 0 Å². The Kier molecular flexibility index (Phi) is 6.27. The molecule has 1 fully saturated rings. The Morgan fingerprint density at radius 3 is 2.66 bits per heavy atom. The van der Waals surface area contributed by atoms with E-state index in [9.17, 15) is 4.79 Å². The Morgan fingerprint density at radius 1 is 1.03 bits per heavy atom. The van der Waals surface area contributed by atoms with Crippen molar-refractivity contribution in [3.05, 3.63) is 77.9 Å². The van der Waals surface area contributed by atoms with Gasteiger partial charge in [-0.05, 0) is 36.1 Å². The number of hydrogen-bond donors (Lipinski definition) is 1. The van der Waals surface area contributed by atoms with Gasteiger partial charge in [-0.25, -0.2) is 0 Å². The first-order valence-corrected chi connectivity index (χ1v) is 10.1. The molecule has 2 aliphatic heterocycles. The molecule has 0 spiro atoms. The minimum atomic E-state index is -0.0400. The molecule has 0 aromatic heterocycles. The molecule has 0 radical (unpaired) electrons. The molecule has 1 saturated heterocycles. The standard InChI is InChI=1S/C24H26N2O3/c27-24(9-5-4-6-19-10-11-22-23(16-19)29-18-28-22)25-21-12-14-26(15-13-21)17-20-7-2-1-3-8-20/h1-11,16,21H,12-15,17-18H2,(H,25,27)/b6-4+,9-5+. The molecule has 0 bridgehead atoms. The van der Waals surface area contributed by atoms with Crippen LogP contribution in [-0.4, -0.2) is 36.7 Å². The zero-order chi connectivity index (χ0) is 19.9. The van der Waals surface area contributed by atoms with Gasteiger partial charge in [0.15, 0.2) is 11.5 Å². The number of ether oxygens (including phenoxy) is 2. The summed E-state index contributed by atoms with van der Waals surface area (Å²) >= 11 is 0. The van der Waals surface area contributed by atoms with E-state index in [1.54, 1.807) is 12.2 Å². The number of amides is 1. The zero-order valence-electron chi connectivity index (χ0n) is 16.4. The average molecular weight is 390 g/mol. The molecule has 29 heavy (non-hydrogen) atoms. The largest absolute Gasteiger partial charge is 0.454 e. The average Bonchev–Trinajstić information content (AvgIpc) is 3.21. The van der Waals surface area contributed by atoms with Crippen molar-refractivity contribution in [2.45, 2.75) is 25.4 Å². The second kappa shape index (κ2) is 9.43. The second-order valence-corrected chi connectivity index (χ2v) is 7.38. The molecule has 2 aliphatic rings. The fourth-order valence-corrected chi connectivity index (χ4v) is 3.65. The number of piperidine rings is 1. The SMILES string of the molecule is O=C(/C=C/C=C/c1ccc2c(c1)OCO2)NC1CCN(Cc2ccccc2)CC1. The van der Waals surface area contributed by atoms with Crippen LogP contribution in [0.15, 0.2) is 66.8 Å². The van der Waals surface area contributed by atoms with Gasteiger partial charge < -0.3 is 14.8 Å². The van der Waals surface area contributed by atoms with Gasteiger partial charge in [0.1, 0.15) is 0 Å². The van der Waals surface area contributed by atoms with Crippen LogP contribution < -0.4 is 14.8 Å². The molecule has 150 valence electrons. The predicted octanol–water partition coefficient (Wildman–Crippen LogP) is 3.77. The Morgan fingerprint density at radius 2 is 1.83 bits per heavy atom. The van der Waals surface area contributed by atoms with Crippen LogP contribution in [-0.2, 0) is 11.3 Å². The molecule has 2 aromatic carbocycles. The quantitative estimate of drug-likeness (QED) is 0.603. The third-order valence-electron chi connectivity index (χ3n) is 5.23. The van der Waals surface area contributed by atoms with Crippen molar-refractivity contribution < 1.29 is 14.3 Å². The molecule has 0 aliphatic carbocycles. The Balaban J connectivity index is 1.19. The normalized spacial score (nSPS) is 17.2. The van der Waals surface area contributed by atoms with Gasteiger partial charge in [-0.1, -0.05) is 54.6 Å². The van der Waals surface area contributed by atoms with E-state index in [2.05, 4.69) is 34.5 Å². The van der Waals surface area contributed by atoms with Gasteiger partial charge in [-0.2, -0.15) is 0 Å². The molecular formula is C24H26N2O3. The number of rotatable bonds is 6. The molecule has 0 atom stereocenters. The van der Waals surface area contributed by atoms with Gasteiger partial charge in [0, 0.05) is 31.8 Å². The highest BCUT2D eigenvalue weighted by molar-refractivity contribution is 5.88. The second-order valence-electron chi connectivity index (χ2n) is 7.38. The number of hydrogen-bond acceptors (Lipinski definition) is 4. The number of likely N-dealkylation sites (tertiary alicyclic amines) is 1. The minimum Gasteiger partial charge on any atom is -0.454 e. The Labute approximate surface area is 171 Å². The van der Waals surface area contributed by atoms with Crippen LogP contribution in [0.4, 0.5) is 0 Å². The molecule has 5 nitrogen and oxygen atoms in total. The number of nitrogens with one attached hydrogen (secondary N) is 1. The Hall–Kier alpha value is -3.05. The van der Waals surface area contributed by atoms with Crippen LogP contribution in [0, 0.1) is 0 Å². The van der Waals surface area contributed by atoms with E-state index in [1.807, 2.05) is 36.4 Å². The summed E-state index contributed by atoms with van der Waals surface area (Å²) in [6.07, 6.45) is 9.12. The van der Waals surface area contributed by atoms with Crippen molar-refractivity contribution in [1.29, 1.82) is 0 Å². The lowest BCUT2D eigenvalue weighted by atomic mass is 10.0. The lowest BCUT2D eigenvalue weighted by molar-refractivity contribution is -0.117. The van der Waals surface area contributed by atoms with E-state index in [0.717, 1.165) is 49.5 Å². The number of carbonyl (C=O) groups is 1. The number of benzene rings is 2.